The molecular weight excluding hydrogens is 228 g/mol. The molecule has 16 heavy (non-hydrogen) atoms. The first-order valence-corrected chi connectivity index (χ1v) is 5.78. The van der Waals surface area contributed by atoms with Gasteiger partial charge in [0.25, 0.3) is 0 Å². The molecule has 0 aromatic rings. The zero-order chi connectivity index (χ0) is 11.3. The van der Waals surface area contributed by atoms with Crippen LogP contribution >= 0.6 is 12.4 Å². The highest BCUT2D eigenvalue weighted by Gasteiger charge is 2.21. The van der Waals surface area contributed by atoms with Crippen molar-refractivity contribution in [1.29, 1.82) is 0 Å². The second-order valence-electron chi connectivity index (χ2n) is 4.58. The van der Waals surface area contributed by atoms with Crippen molar-refractivity contribution in [2.75, 3.05) is 13.1 Å². The molecule has 5 heteroatoms. The smallest absolute Gasteiger partial charge is 0.237 e. The second kappa shape index (κ2) is 7.87. The summed E-state index contributed by atoms with van der Waals surface area (Å²) in [6, 6.07) is 0.00347. The number of rotatable bonds is 5. The summed E-state index contributed by atoms with van der Waals surface area (Å²) < 4.78 is 0. The molecule has 0 aliphatic carbocycles. The third-order valence-electron chi connectivity index (χ3n) is 2.75. The van der Waals surface area contributed by atoms with Crippen LogP contribution in [-0.4, -0.2) is 36.2 Å². The first kappa shape index (κ1) is 15.7. The molecule has 3 unspecified atom stereocenters. The van der Waals surface area contributed by atoms with Crippen LogP contribution in [0.3, 0.4) is 0 Å². The third kappa shape index (κ3) is 5.68. The minimum atomic E-state index is -0.290. The Morgan fingerprint density at radius 1 is 1.56 bits per heavy atom. The Kier molecular flexibility index (Phi) is 7.72. The maximum absolute atomic E-state index is 11.6. The molecule has 0 aromatic heterocycles. The van der Waals surface area contributed by atoms with Gasteiger partial charge in [0, 0.05) is 6.54 Å². The van der Waals surface area contributed by atoms with Gasteiger partial charge in [-0.05, 0) is 38.6 Å². The summed E-state index contributed by atoms with van der Waals surface area (Å²) in [5.41, 5.74) is 0. The molecular formula is C11H23ClN2O2. The van der Waals surface area contributed by atoms with Crippen LogP contribution in [0.5, 0.6) is 0 Å². The van der Waals surface area contributed by atoms with E-state index in [1.54, 1.807) is 6.92 Å². The van der Waals surface area contributed by atoms with Crippen LogP contribution in [-0.2, 0) is 4.79 Å². The third-order valence-corrected chi connectivity index (χ3v) is 2.75. The molecule has 0 spiro atoms. The molecule has 0 bridgehead atoms. The van der Waals surface area contributed by atoms with Crippen molar-refractivity contribution < 1.29 is 9.90 Å². The van der Waals surface area contributed by atoms with Crippen LogP contribution in [0.25, 0.3) is 0 Å². The van der Waals surface area contributed by atoms with Gasteiger partial charge in [-0.15, -0.1) is 12.4 Å². The summed E-state index contributed by atoms with van der Waals surface area (Å²) in [5, 5.41) is 15.3. The van der Waals surface area contributed by atoms with E-state index in [-0.39, 0.29) is 30.5 Å². The zero-order valence-electron chi connectivity index (χ0n) is 10.0. The second-order valence-corrected chi connectivity index (χ2v) is 4.58. The van der Waals surface area contributed by atoms with Crippen LogP contribution in [0.15, 0.2) is 0 Å². The first-order chi connectivity index (χ1) is 7.09. The Morgan fingerprint density at radius 2 is 2.25 bits per heavy atom. The minimum absolute atomic E-state index is 0. The van der Waals surface area contributed by atoms with E-state index in [1.165, 1.54) is 0 Å². The fourth-order valence-corrected chi connectivity index (χ4v) is 1.97. The average Bonchev–Trinajstić information content (AvgIpc) is 2.65. The van der Waals surface area contributed by atoms with E-state index in [0.717, 1.165) is 25.8 Å². The zero-order valence-corrected chi connectivity index (χ0v) is 10.8. The highest BCUT2D eigenvalue weighted by molar-refractivity contribution is 5.85. The molecule has 0 radical (unpaired) electrons. The number of carbonyl (C=O) groups is 1. The minimum Gasteiger partial charge on any atom is -0.393 e. The highest BCUT2D eigenvalue weighted by atomic mass is 35.5. The summed E-state index contributed by atoms with van der Waals surface area (Å²) in [4.78, 5) is 11.6. The van der Waals surface area contributed by atoms with Crippen molar-refractivity contribution in [2.24, 2.45) is 5.92 Å². The molecule has 1 aliphatic heterocycles. The van der Waals surface area contributed by atoms with Crippen molar-refractivity contribution in [2.45, 2.75) is 45.3 Å². The number of nitrogens with one attached hydrogen (secondary N) is 2. The summed E-state index contributed by atoms with van der Waals surface area (Å²) in [5.74, 6) is 0.431. The predicted molar refractivity (Wildman–Crippen MR) is 66.7 cm³/mol. The molecule has 1 rings (SSSR count). The number of halogens is 1. The van der Waals surface area contributed by atoms with Gasteiger partial charge in [-0.25, -0.2) is 0 Å². The average molecular weight is 251 g/mol. The number of aliphatic hydroxyl groups is 1. The van der Waals surface area contributed by atoms with Gasteiger partial charge in [-0.3, -0.25) is 4.79 Å². The van der Waals surface area contributed by atoms with Crippen molar-refractivity contribution in [1.82, 2.24) is 10.6 Å². The molecule has 1 fully saturated rings. The molecule has 1 heterocycles. The Hall–Kier alpha value is -0.320. The molecule has 1 aliphatic rings. The van der Waals surface area contributed by atoms with Crippen molar-refractivity contribution in [3.8, 4) is 0 Å². The first-order valence-electron chi connectivity index (χ1n) is 5.78. The van der Waals surface area contributed by atoms with Crippen LogP contribution in [0, 0.1) is 5.92 Å². The van der Waals surface area contributed by atoms with Gasteiger partial charge in [0.15, 0.2) is 0 Å². The fraction of sp³-hybridized carbons (Fsp3) is 0.909. The van der Waals surface area contributed by atoms with Gasteiger partial charge in [-0.1, -0.05) is 6.92 Å². The molecule has 0 aromatic carbocycles. The van der Waals surface area contributed by atoms with E-state index in [0.29, 0.717) is 12.5 Å². The Bertz CT molecular complexity index is 206. The lowest BCUT2D eigenvalue weighted by Gasteiger charge is -2.16. The standard InChI is InChI=1S/C11H22N2O2.ClH/c1-8(6-9(2)14)7-13-11(15)10-4-3-5-12-10;/h8-10,12,14H,3-7H2,1-2H3,(H,13,15);1H. The molecule has 1 amide bonds. The lowest BCUT2D eigenvalue weighted by molar-refractivity contribution is -0.123. The van der Waals surface area contributed by atoms with Gasteiger partial charge in [-0.2, -0.15) is 0 Å². The van der Waals surface area contributed by atoms with Gasteiger partial charge < -0.3 is 15.7 Å². The van der Waals surface area contributed by atoms with E-state index in [4.69, 9.17) is 0 Å². The summed E-state index contributed by atoms with van der Waals surface area (Å²) in [7, 11) is 0. The largest absolute Gasteiger partial charge is 0.393 e. The van der Waals surface area contributed by atoms with E-state index in [9.17, 15) is 9.90 Å². The molecule has 1 saturated heterocycles. The number of carbonyl (C=O) groups excluding carboxylic acids is 1. The van der Waals surface area contributed by atoms with Crippen molar-refractivity contribution in [3.05, 3.63) is 0 Å². The molecule has 0 saturated carbocycles. The van der Waals surface area contributed by atoms with Gasteiger partial charge >= 0.3 is 0 Å². The fourth-order valence-electron chi connectivity index (χ4n) is 1.97. The molecule has 96 valence electrons. The lowest BCUT2D eigenvalue weighted by Crippen LogP contribution is -2.42. The number of hydrogen-bond donors (Lipinski definition) is 3. The topological polar surface area (TPSA) is 61.4 Å². The summed E-state index contributed by atoms with van der Waals surface area (Å²) in [6.45, 7) is 5.41. The van der Waals surface area contributed by atoms with E-state index in [2.05, 4.69) is 10.6 Å². The van der Waals surface area contributed by atoms with Crippen molar-refractivity contribution in [3.63, 3.8) is 0 Å². The predicted octanol–water partition coefficient (Wildman–Crippen LogP) is 0.683. The van der Waals surface area contributed by atoms with Crippen LogP contribution < -0.4 is 10.6 Å². The summed E-state index contributed by atoms with van der Waals surface area (Å²) >= 11 is 0. The maximum Gasteiger partial charge on any atom is 0.237 e. The monoisotopic (exact) mass is 250 g/mol. The quantitative estimate of drug-likeness (QED) is 0.673. The molecule has 4 nitrogen and oxygen atoms in total. The van der Waals surface area contributed by atoms with E-state index >= 15 is 0 Å². The molecule has 3 atom stereocenters. The number of aliphatic hydroxyl groups excluding tert-OH is 1. The Labute approximate surface area is 104 Å². The lowest BCUT2D eigenvalue weighted by atomic mass is 10.0. The van der Waals surface area contributed by atoms with Crippen molar-refractivity contribution >= 4 is 18.3 Å². The molecule has 3 N–H and O–H groups in total. The normalized spacial score (nSPS) is 23.3. The van der Waals surface area contributed by atoms with E-state index < -0.39 is 0 Å². The number of hydrogen-bond acceptors (Lipinski definition) is 3. The van der Waals surface area contributed by atoms with Crippen LogP contribution in [0.4, 0.5) is 0 Å². The van der Waals surface area contributed by atoms with Crippen LogP contribution in [0.1, 0.15) is 33.1 Å². The summed E-state index contributed by atoms with van der Waals surface area (Å²) in [6.07, 6.45) is 2.47. The van der Waals surface area contributed by atoms with Crippen LogP contribution in [0.2, 0.25) is 0 Å². The van der Waals surface area contributed by atoms with Gasteiger partial charge in [0.1, 0.15) is 0 Å². The van der Waals surface area contributed by atoms with E-state index in [1.807, 2.05) is 6.92 Å². The van der Waals surface area contributed by atoms with Gasteiger partial charge in [0.2, 0.25) is 5.91 Å². The Morgan fingerprint density at radius 3 is 2.75 bits per heavy atom. The highest BCUT2D eigenvalue weighted by Crippen LogP contribution is 2.06. The maximum atomic E-state index is 11.6. The van der Waals surface area contributed by atoms with Gasteiger partial charge in [0.05, 0.1) is 12.1 Å². The SMILES string of the molecule is CC(O)CC(C)CNC(=O)C1CCCN1.Cl. The number of amides is 1. The Balaban J connectivity index is 0.00000225.